The summed E-state index contributed by atoms with van der Waals surface area (Å²) in [4.78, 5) is 7.47. The Morgan fingerprint density at radius 2 is 1.88 bits per heavy atom. The summed E-state index contributed by atoms with van der Waals surface area (Å²) in [6, 6.07) is 0. The van der Waals surface area contributed by atoms with Crippen LogP contribution in [0.1, 0.15) is 0 Å². The van der Waals surface area contributed by atoms with E-state index in [0.29, 0.717) is 0 Å². The predicted molar refractivity (Wildman–Crippen MR) is 34.6 cm³/mol. The maximum Gasteiger partial charge on any atom is 0.190 e. The third-order valence-corrected chi connectivity index (χ3v) is 0.988. The summed E-state index contributed by atoms with van der Waals surface area (Å²) >= 11 is 5.53. The zero-order valence-corrected chi connectivity index (χ0v) is 4.92. The summed E-state index contributed by atoms with van der Waals surface area (Å²) in [6.45, 7) is 0. The molecule has 1 aliphatic heterocycles. The SMILES string of the molecule is NC1N=CC(Cl)C=N1. The molecule has 0 bridgehead atoms. The average molecular weight is 132 g/mol. The van der Waals surface area contributed by atoms with Gasteiger partial charge in [-0.05, 0) is 0 Å². The fourth-order valence-corrected chi connectivity index (χ4v) is 0.548. The molecule has 44 valence electrons. The first-order valence-corrected chi connectivity index (χ1v) is 2.69. The van der Waals surface area contributed by atoms with Crippen molar-refractivity contribution < 1.29 is 0 Å². The highest BCUT2D eigenvalue weighted by Gasteiger charge is 2.02. The Kier molecular flexibility index (Phi) is 1.60. The van der Waals surface area contributed by atoms with Crippen LogP contribution in [0.5, 0.6) is 0 Å². The number of aliphatic imine (C=N–C) groups is 2. The van der Waals surface area contributed by atoms with Crippen LogP contribution in [0.25, 0.3) is 0 Å². The summed E-state index contributed by atoms with van der Waals surface area (Å²) in [5.41, 5.74) is 5.24. The van der Waals surface area contributed by atoms with E-state index in [-0.39, 0.29) is 5.38 Å². The number of alkyl halides is 1. The lowest BCUT2D eigenvalue weighted by Gasteiger charge is -2.04. The van der Waals surface area contributed by atoms with Gasteiger partial charge in [0.05, 0.1) is 0 Å². The van der Waals surface area contributed by atoms with Crippen molar-refractivity contribution in [2.45, 2.75) is 11.7 Å². The number of hydrogen-bond acceptors (Lipinski definition) is 3. The molecule has 0 aliphatic carbocycles. The van der Waals surface area contributed by atoms with Crippen LogP contribution in [0.2, 0.25) is 0 Å². The third-order valence-electron chi connectivity index (χ3n) is 0.762. The molecule has 0 fully saturated rings. The summed E-state index contributed by atoms with van der Waals surface area (Å²) in [6.07, 6.45) is 2.71. The molecule has 8 heavy (non-hydrogen) atoms. The van der Waals surface area contributed by atoms with Crippen LogP contribution in [-0.2, 0) is 0 Å². The molecule has 0 atom stereocenters. The maximum atomic E-state index is 5.53. The first-order chi connectivity index (χ1) is 3.79. The highest BCUT2D eigenvalue weighted by Crippen LogP contribution is 1.95. The topological polar surface area (TPSA) is 50.7 Å². The second kappa shape index (κ2) is 2.24. The second-order valence-electron chi connectivity index (χ2n) is 1.45. The largest absolute Gasteiger partial charge is 0.291 e. The fraction of sp³-hybridized carbons (Fsp3) is 0.500. The monoisotopic (exact) mass is 131 g/mol. The lowest BCUT2D eigenvalue weighted by Crippen LogP contribution is -2.21. The molecule has 1 heterocycles. The minimum Gasteiger partial charge on any atom is -0.291 e. The number of hydrogen-bond donors (Lipinski definition) is 1. The summed E-state index contributed by atoms with van der Waals surface area (Å²) < 4.78 is 0. The van der Waals surface area contributed by atoms with E-state index < -0.39 is 6.29 Å². The van der Waals surface area contributed by atoms with E-state index in [1.165, 1.54) is 0 Å². The summed E-state index contributed by atoms with van der Waals surface area (Å²) in [7, 11) is 0. The lowest BCUT2D eigenvalue weighted by molar-refractivity contribution is 0.752. The van der Waals surface area contributed by atoms with Gasteiger partial charge in [0.15, 0.2) is 6.29 Å². The van der Waals surface area contributed by atoms with Crippen LogP contribution in [-0.4, -0.2) is 24.1 Å². The first kappa shape index (κ1) is 5.72. The molecular weight excluding hydrogens is 126 g/mol. The molecule has 3 nitrogen and oxygen atoms in total. The maximum absolute atomic E-state index is 5.53. The Hall–Kier alpha value is -0.410. The van der Waals surface area contributed by atoms with Crippen LogP contribution in [0.3, 0.4) is 0 Å². The normalized spacial score (nSPS) is 35.8. The quantitative estimate of drug-likeness (QED) is 0.462. The molecule has 0 aromatic carbocycles. The lowest BCUT2D eigenvalue weighted by atomic mass is 10.4. The molecule has 1 aliphatic rings. The van der Waals surface area contributed by atoms with Crippen molar-refractivity contribution in [1.29, 1.82) is 0 Å². The molecule has 0 saturated carbocycles. The van der Waals surface area contributed by atoms with E-state index in [9.17, 15) is 0 Å². The van der Waals surface area contributed by atoms with Gasteiger partial charge in [0.25, 0.3) is 0 Å². The van der Waals surface area contributed by atoms with Gasteiger partial charge in [0.2, 0.25) is 0 Å². The van der Waals surface area contributed by atoms with Crippen LogP contribution in [0, 0.1) is 0 Å². The number of halogens is 1. The minimum atomic E-state index is -0.426. The molecule has 0 spiro atoms. The minimum absolute atomic E-state index is 0.171. The summed E-state index contributed by atoms with van der Waals surface area (Å²) in [5, 5.41) is -0.171. The second-order valence-corrected chi connectivity index (χ2v) is 1.96. The van der Waals surface area contributed by atoms with Crippen molar-refractivity contribution in [2.24, 2.45) is 15.7 Å². The number of nitrogens with zero attached hydrogens (tertiary/aromatic N) is 2. The zero-order valence-electron chi connectivity index (χ0n) is 4.16. The Morgan fingerprint density at radius 3 is 2.25 bits per heavy atom. The van der Waals surface area contributed by atoms with Crippen molar-refractivity contribution in [3.8, 4) is 0 Å². The molecule has 0 unspecified atom stereocenters. The van der Waals surface area contributed by atoms with E-state index in [2.05, 4.69) is 9.98 Å². The van der Waals surface area contributed by atoms with Crippen molar-refractivity contribution >= 4 is 24.0 Å². The molecule has 4 heteroatoms. The van der Waals surface area contributed by atoms with Gasteiger partial charge in [-0.1, -0.05) is 0 Å². The smallest absolute Gasteiger partial charge is 0.190 e. The number of rotatable bonds is 0. The molecule has 0 aromatic rings. The van der Waals surface area contributed by atoms with Crippen molar-refractivity contribution in [3.05, 3.63) is 0 Å². The first-order valence-electron chi connectivity index (χ1n) is 2.25. The highest BCUT2D eigenvalue weighted by molar-refractivity contribution is 6.36. The van der Waals surface area contributed by atoms with Gasteiger partial charge < -0.3 is 0 Å². The van der Waals surface area contributed by atoms with Crippen molar-refractivity contribution in [2.75, 3.05) is 0 Å². The van der Waals surface area contributed by atoms with Crippen molar-refractivity contribution in [3.63, 3.8) is 0 Å². The van der Waals surface area contributed by atoms with Gasteiger partial charge in [0, 0.05) is 12.4 Å². The van der Waals surface area contributed by atoms with E-state index >= 15 is 0 Å². The standard InChI is InChI=1S/C4H6ClN3/c5-3-1-7-4(6)8-2-3/h1-4H,6H2. The van der Waals surface area contributed by atoms with E-state index in [1.807, 2.05) is 0 Å². The molecule has 0 saturated heterocycles. The van der Waals surface area contributed by atoms with E-state index in [1.54, 1.807) is 12.4 Å². The van der Waals surface area contributed by atoms with Gasteiger partial charge in [-0.25, -0.2) is 0 Å². The molecule has 1 rings (SSSR count). The zero-order chi connectivity index (χ0) is 5.98. The molecule has 0 aromatic heterocycles. The molecule has 0 amide bonds. The fourth-order valence-electron chi connectivity index (χ4n) is 0.418. The highest BCUT2D eigenvalue weighted by atomic mass is 35.5. The average Bonchev–Trinajstić information content (AvgIpc) is 1.77. The van der Waals surface area contributed by atoms with Crippen LogP contribution >= 0.6 is 11.6 Å². The third kappa shape index (κ3) is 1.28. The van der Waals surface area contributed by atoms with Gasteiger partial charge >= 0.3 is 0 Å². The molecule has 2 N–H and O–H groups in total. The van der Waals surface area contributed by atoms with Crippen LogP contribution in [0.15, 0.2) is 9.98 Å². The molecule has 0 radical (unpaired) electrons. The van der Waals surface area contributed by atoms with Gasteiger partial charge in [0.1, 0.15) is 5.38 Å². The Balaban J connectivity index is 2.54. The van der Waals surface area contributed by atoms with Gasteiger partial charge in [-0.15, -0.1) is 11.6 Å². The van der Waals surface area contributed by atoms with Crippen LogP contribution in [0.4, 0.5) is 0 Å². The Labute approximate surface area is 52.3 Å². The summed E-state index contributed by atoms with van der Waals surface area (Å²) in [5.74, 6) is 0. The van der Waals surface area contributed by atoms with Gasteiger partial charge in [-0.3, -0.25) is 15.7 Å². The predicted octanol–water partition coefficient (Wildman–Crippen LogP) is -0.00870. The van der Waals surface area contributed by atoms with Gasteiger partial charge in [-0.2, -0.15) is 0 Å². The Bertz CT molecular complexity index is 103. The van der Waals surface area contributed by atoms with E-state index in [0.717, 1.165) is 0 Å². The molecular formula is C4H6ClN3. The van der Waals surface area contributed by atoms with E-state index in [4.69, 9.17) is 17.3 Å². The van der Waals surface area contributed by atoms with Crippen LogP contribution < -0.4 is 5.73 Å². The number of nitrogens with two attached hydrogens (primary N) is 1. The van der Waals surface area contributed by atoms with Crippen molar-refractivity contribution in [1.82, 2.24) is 0 Å². The Morgan fingerprint density at radius 1 is 1.38 bits per heavy atom.